The van der Waals surface area contributed by atoms with Crippen molar-refractivity contribution in [2.24, 2.45) is 11.8 Å². The molecule has 0 heterocycles. The summed E-state index contributed by atoms with van der Waals surface area (Å²) >= 11 is 3.41. The summed E-state index contributed by atoms with van der Waals surface area (Å²) in [6.07, 6.45) is 1.03. The van der Waals surface area contributed by atoms with E-state index in [9.17, 15) is 15.0 Å². The lowest BCUT2D eigenvalue weighted by Gasteiger charge is -2.39. The van der Waals surface area contributed by atoms with E-state index in [0.717, 1.165) is 15.8 Å². The Bertz CT molecular complexity index is 701. The maximum Gasteiger partial charge on any atom is 0.307 e. The highest BCUT2D eigenvalue weighted by Gasteiger charge is 2.43. The van der Waals surface area contributed by atoms with E-state index >= 15 is 0 Å². The first-order valence-electron chi connectivity index (χ1n) is 8.39. The van der Waals surface area contributed by atoms with E-state index in [4.69, 9.17) is 4.74 Å². The SMILES string of the molecule is O=C(O)C1C(CO)CC(Oc2ccccc2)CC1c1ccc(Br)cc1. The number of carboxylic acids is 1. The molecule has 0 aromatic heterocycles. The molecular weight excluding hydrogens is 384 g/mol. The lowest BCUT2D eigenvalue weighted by molar-refractivity contribution is -0.148. The quantitative estimate of drug-likeness (QED) is 0.787. The van der Waals surface area contributed by atoms with Gasteiger partial charge >= 0.3 is 5.97 Å². The van der Waals surface area contributed by atoms with Crippen molar-refractivity contribution in [3.63, 3.8) is 0 Å². The smallest absolute Gasteiger partial charge is 0.307 e. The van der Waals surface area contributed by atoms with Gasteiger partial charge < -0.3 is 14.9 Å². The molecule has 2 aromatic carbocycles. The number of halogens is 1. The second-order valence-electron chi connectivity index (χ2n) is 6.49. The predicted molar refractivity (Wildman–Crippen MR) is 98.7 cm³/mol. The Morgan fingerprint density at radius 3 is 2.36 bits per heavy atom. The summed E-state index contributed by atoms with van der Waals surface area (Å²) in [4.78, 5) is 11.9. The lowest BCUT2D eigenvalue weighted by Crippen LogP contribution is -2.42. The Morgan fingerprint density at radius 1 is 1.08 bits per heavy atom. The number of benzene rings is 2. The van der Waals surface area contributed by atoms with Gasteiger partial charge in [-0.15, -0.1) is 0 Å². The number of rotatable bonds is 5. The summed E-state index contributed by atoms with van der Waals surface area (Å²) in [6.45, 7) is -0.154. The molecule has 1 aliphatic rings. The van der Waals surface area contributed by atoms with Gasteiger partial charge in [0.2, 0.25) is 0 Å². The summed E-state index contributed by atoms with van der Waals surface area (Å²) in [5.41, 5.74) is 0.968. The molecule has 0 spiro atoms. The number of hydrogen-bond acceptors (Lipinski definition) is 3. The van der Waals surface area contributed by atoms with E-state index in [1.807, 2.05) is 54.6 Å². The van der Waals surface area contributed by atoms with Crippen molar-refractivity contribution in [3.05, 3.63) is 64.6 Å². The van der Waals surface area contributed by atoms with Crippen molar-refractivity contribution in [2.45, 2.75) is 24.9 Å². The van der Waals surface area contributed by atoms with Gasteiger partial charge in [-0.3, -0.25) is 4.79 Å². The minimum Gasteiger partial charge on any atom is -0.490 e. The third-order valence-corrected chi connectivity index (χ3v) is 5.42. The number of aliphatic carboxylic acids is 1. The summed E-state index contributed by atoms with van der Waals surface area (Å²) < 4.78 is 7.03. The highest BCUT2D eigenvalue weighted by atomic mass is 79.9. The monoisotopic (exact) mass is 404 g/mol. The van der Waals surface area contributed by atoms with Gasteiger partial charge in [0.15, 0.2) is 0 Å². The van der Waals surface area contributed by atoms with Crippen molar-refractivity contribution in [3.8, 4) is 5.75 Å². The molecular formula is C20H21BrO4. The normalized spacial score (nSPS) is 26.2. The first-order chi connectivity index (χ1) is 12.1. The summed E-state index contributed by atoms with van der Waals surface area (Å²) in [7, 11) is 0. The highest BCUT2D eigenvalue weighted by molar-refractivity contribution is 9.10. The van der Waals surface area contributed by atoms with Crippen LogP contribution in [0.3, 0.4) is 0 Å². The molecule has 4 atom stereocenters. The van der Waals surface area contributed by atoms with Gasteiger partial charge in [0.25, 0.3) is 0 Å². The Morgan fingerprint density at radius 2 is 1.76 bits per heavy atom. The van der Waals surface area contributed by atoms with Crippen LogP contribution in [-0.4, -0.2) is 28.9 Å². The molecule has 0 radical (unpaired) electrons. The van der Waals surface area contributed by atoms with Gasteiger partial charge in [0.05, 0.1) is 12.0 Å². The molecule has 5 heteroatoms. The van der Waals surface area contributed by atoms with Crippen molar-refractivity contribution < 1.29 is 19.7 Å². The average Bonchev–Trinajstić information content (AvgIpc) is 2.62. The number of aliphatic hydroxyl groups excluding tert-OH is 1. The van der Waals surface area contributed by atoms with Crippen molar-refractivity contribution >= 4 is 21.9 Å². The van der Waals surface area contributed by atoms with Gasteiger partial charge in [-0.25, -0.2) is 0 Å². The molecule has 25 heavy (non-hydrogen) atoms. The van der Waals surface area contributed by atoms with Gasteiger partial charge in [-0.1, -0.05) is 46.3 Å². The molecule has 2 aromatic rings. The molecule has 0 saturated heterocycles. The molecule has 2 N–H and O–H groups in total. The van der Waals surface area contributed by atoms with Crippen LogP contribution in [0, 0.1) is 11.8 Å². The van der Waals surface area contributed by atoms with Gasteiger partial charge in [0.1, 0.15) is 5.75 Å². The van der Waals surface area contributed by atoms with E-state index in [1.165, 1.54) is 0 Å². The van der Waals surface area contributed by atoms with Crippen molar-refractivity contribution in [2.75, 3.05) is 6.61 Å². The maximum absolute atomic E-state index is 11.9. The molecule has 132 valence electrons. The molecule has 0 amide bonds. The molecule has 1 aliphatic carbocycles. The second kappa shape index (κ2) is 8.02. The fourth-order valence-electron chi connectivity index (χ4n) is 3.74. The van der Waals surface area contributed by atoms with Crippen LogP contribution in [0.15, 0.2) is 59.1 Å². The summed E-state index contributed by atoms with van der Waals surface area (Å²) in [5.74, 6) is -1.21. The topological polar surface area (TPSA) is 66.8 Å². The van der Waals surface area contributed by atoms with Crippen LogP contribution in [0.25, 0.3) is 0 Å². The van der Waals surface area contributed by atoms with Gasteiger partial charge in [-0.05, 0) is 48.6 Å². The number of carbonyl (C=O) groups is 1. The molecule has 3 rings (SSSR count). The second-order valence-corrected chi connectivity index (χ2v) is 7.40. The van der Waals surface area contributed by atoms with E-state index < -0.39 is 11.9 Å². The van der Waals surface area contributed by atoms with Crippen LogP contribution in [0.4, 0.5) is 0 Å². The van der Waals surface area contributed by atoms with E-state index in [2.05, 4.69) is 15.9 Å². The van der Waals surface area contributed by atoms with Crippen LogP contribution in [0.2, 0.25) is 0 Å². The molecule has 1 saturated carbocycles. The van der Waals surface area contributed by atoms with E-state index in [1.54, 1.807) is 0 Å². The number of carboxylic acid groups (broad SMARTS) is 1. The third-order valence-electron chi connectivity index (χ3n) is 4.89. The molecule has 0 aliphatic heterocycles. The minimum absolute atomic E-state index is 0.121. The fraction of sp³-hybridized carbons (Fsp3) is 0.350. The third kappa shape index (κ3) is 4.22. The Kier molecular flexibility index (Phi) is 5.76. The highest BCUT2D eigenvalue weighted by Crippen LogP contribution is 2.43. The largest absolute Gasteiger partial charge is 0.490 e. The number of hydrogen-bond donors (Lipinski definition) is 2. The first kappa shape index (κ1) is 18.0. The number of para-hydroxylation sites is 1. The van der Waals surface area contributed by atoms with Crippen LogP contribution in [0.5, 0.6) is 5.75 Å². The zero-order chi connectivity index (χ0) is 17.8. The standard InChI is InChI=1S/C20H21BrO4/c21-15-8-6-13(7-9-15)18-11-17(25-16-4-2-1-3-5-16)10-14(12-22)19(18)20(23)24/h1-9,14,17-19,22H,10-12H2,(H,23,24). The van der Waals surface area contributed by atoms with Crippen LogP contribution in [0.1, 0.15) is 24.3 Å². The first-order valence-corrected chi connectivity index (χ1v) is 9.18. The molecule has 4 unspecified atom stereocenters. The number of aliphatic hydroxyl groups is 1. The van der Waals surface area contributed by atoms with Gasteiger partial charge in [0, 0.05) is 17.0 Å². The molecule has 4 nitrogen and oxygen atoms in total. The predicted octanol–water partition coefficient (Wildman–Crippen LogP) is 4.08. The van der Waals surface area contributed by atoms with E-state index in [0.29, 0.717) is 12.8 Å². The molecule has 1 fully saturated rings. The van der Waals surface area contributed by atoms with Crippen LogP contribution >= 0.6 is 15.9 Å². The summed E-state index contributed by atoms with van der Waals surface area (Å²) in [5, 5.41) is 19.5. The zero-order valence-corrected chi connectivity index (χ0v) is 15.3. The summed E-state index contributed by atoms with van der Waals surface area (Å²) in [6, 6.07) is 17.3. The zero-order valence-electron chi connectivity index (χ0n) is 13.7. The molecule has 0 bridgehead atoms. The van der Waals surface area contributed by atoms with Crippen molar-refractivity contribution in [1.29, 1.82) is 0 Å². The van der Waals surface area contributed by atoms with Crippen LogP contribution < -0.4 is 4.74 Å². The Labute approximate surface area is 155 Å². The lowest BCUT2D eigenvalue weighted by atomic mass is 9.68. The van der Waals surface area contributed by atoms with Crippen molar-refractivity contribution in [1.82, 2.24) is 0 Å². The number of ether oxygens (including phenoxy) is 1. The minimum atomic E-state index is -0.856. The van der Waals surface area contributed by atoms with E-state index in [-0.39, 0.29) is 24.5 Å². The van der Waals surface area contributed by atoms with Crippen LogP contribution in [-0.2, 0) is 4.79 Å². The Balaban J connectivity index is 1.87. The fourth-order valence-corrected chi connectivity index (χ4v) is 4.01. The maximum atomic E-state index is 11.9. The Hall–Kier alpha value is -1.85. The van der Waals surface area contributed by atoms with Gasteiger partial charge in [-0.2, -0.15) is 0 Å². The average molecular weight is 405 g/mol.